The van der Waals surface area contributed by atoms with Gasteiger partial charge in [-0.1, -0.05) is 18.4 Å². The van der Waals surface area contributed by atoms with Crippen LogP contribution in [0.1, 0.15) is 32.1 Å². The van der Waals surface area contributed by atoms with E-state index in [4.69, 9.17) is 9.15 Å². The average molecular weight is 254 g/mol. The van der Waals surface area contributed by atoms with Crippen LogP contribution in [0, 0.1) is 5.41 Å². The smallest absolute Gasteiger partial charge is 0.315 e. The summed E-state index contributed by atoms with van der Waals surface area (Å²) in [5, 5.41) is 14.3. The van der Waals surface area contributed by atoms with Gasteiger partial charge in [0, 0.05) is 20.2 Å². The summed E-state index contributed by atoms with van der Waals surface area (Å²) in [6, 6.07) is 0.520. The van der Waals surface area contributed by atoms with Crippen LogP contribution in [0.2, 0.25) is 0 Å². The summed E-state index contributed by atoms with van der Waals surface area (Å²) < 4.78 is 10.4. The second-order valence-electron chi connectivity index (χ2n) is 5.19. The fourth-order valence-corrected chi connectivity index (χ4v) is 2.01. The fourth-order valence-electron chi connectivity index (χ4n) is 2.01. The molecule has 1 aliphatic rings. The summed E-state index contributed by atoms with van der Waals surface area (Å²) >= 11 is 0. The van der Waals surface area contributed by atoms with Crippen molar-refractivity contribution in [1.82, 2.24) is 15.5 Å². The van der Waals surface area contributed by atoms with Crippen LogP contribution in [0.15, 0.2) is 4.42 Å². The monoisotopic (exact) mass is 254 g/mol. The van der Waals surface area contributed by atoms with Gasteiger partial charge in [-0.2, -0.15) is 0 Å². The van der Waals surface area contributed by atoms with Crippen LogP contribution < -0.4 is 10.6 Å². The van der Waals surface area contributed by atoms with Crippen molar-refractivity contribution in [2.24, 2.45) is 5.41 Å². The van der Waals surface area contributed by atoms with Crippen LogP contribution >= 0.6 is 0 Å². The van der Waals surface area contributed by atoms with Gasteiger partial charge in [-0.15, -0.1) is 5.10 Å². The summed E-state index contributed by atoms with van der Waals surface area (Å²) in [4.78, 5) is 0. The Morgan fingerprint density at radius 2 is 2.22 bits per heavy atom. The Labute approximate surface area is 107 Å². The Morgan fingerprint density at radius 3 is 2.89 bits per heavy atom. The number of hydrogen-bond acceptors (Lipinski definition) is 6. The van der Waals surface area contributed by atoms with E-state index in [1.54, 1.807) is 7.11 Å². The van der Waals surface area contributed by atoms with Crippen molar-refractivity contribution in [3.8, 4) is 0 Å². The molecule has 18 heavy (non-hydrogen) atoms. The molecule has 0 aromatic carbocycles. The molecular weight excluding hydrogens is 232 g/mol. The van der Waals surface area contributed by atoms with Crippen molar-refractivity contribution < 1.29 is 9.15 Å². The Bertz CT molecular complexity index is 363. The van der Waals surface area contributed by atoms with E-state index in [9.17, 15) is 0 Å². The zero-order valence-corrected chi connectivity index (χ0v) is 11.2. The minimum atomic E-state index is 0.408. The molecule has 2 N–H and O–H groups in total. The van der Waals surface area contributed by atoms with Crippen LogP contribution in [0.3, 0.4) is 0 Å². The number of nitrogens with zero attached hydrogens (tertiary/aromatic N) is 2. The standard InChI is InChI=1S/C12H22N4O2/c1-12(4-3-5-12)9-14-11-16-15-10(18-11)8-13-6-7-17-2/h13H,3-9H2,1-2H3,(H,14,16). The highest BCUT2D eigenvalue weighted by Gasteiger charge is 2.31. The predicted octanol–water partition coefficient (Wildman–Crippen LogP) is 1.41. The highest BCUT2D eigenvalue weighted by molar-refractivity contribution is 5.18. The maximum atomic E-state index is 5.49. The Kier molecular flexibility index (Phi) is 4.54. The highest BCUT2D eigenvalue weighted by Crippen LogP contribution is 2.40. The number of hydrogen-bond donors (Lipinski definition) is 2. The second kappa shape index (κ2) is 6.15. The molecule has 0 atom stereocenters. The second-order valence-corrected chi connectivity index (χ2v) is 5.19. The van der Waals surface area contributed by atoms with Gasteiger partial charge in [0.25, 0.3) is 0 Å². The molecule has 1 saturated carbocycles. The van der Waals surface area contributed by atoms with Gasteiger partial charge in [-0.05, 0) is 18.3 Å². The summed E-state index contributed by atoms with van der Waals surface area (Å²) in [7, 11) is 1.68. The van der Waals surface area contributed by atoms with Gasteiger partial charge in [-0.25, -0.2) is 0 Å². The minimum Gasteiger partial charge on any atom is -0.407 e. The van der Waals surface area contributed by atoms with E-state index in [1.165, 1.54) is 19.3 Å². The van der Waals surface area contributed by atoms with E-state index in [0.717, 1.165) is 13.1 Å². The lowest BCUT2D eigenvalue weighted by molar-refractivity contribution is 0.178. The Morgan fingerprint density at radius 1 is 1.39 bits per heavy atom. The lowest BCUT2D eigenvalue weighted by Crippen LogP contribution is -2.33. The molecule has 2 rings (SSSR count). The summed E-state index contributed by atoms with van der Waals surface area (Å²) in [6.07, 6.45) is 3.88. The first kappa shape index (κ1) is 13.3. The third-order valence-electron chi connectivity index (χ3n) is 3.45. The largest absolute Gasteiger partial charge is 0.407 e. The number of ether oxygens (including phenoxy) is 1. The average Bonchev–Trinajstić information content (AvgIpc) is 2.78. The van der Waals surface area contributed by atoms with Crippen LogP contribution in [-0.2, 0) is 11.3 Å². The molecule has 0 radical (unpaired) electrons. The van der Waals surface area contributed by atoms with Crippen molar-refractivity contribution in [3.63, 3.8) is 0 Å². The van der Waals surface area contributed by atoms with Gasteiger partial charge in [-0.3, -0.25) is 0 Å². The van der Waals surface area contributed by atoms with Crippen molar-refractivity contribution in [1.29, 1.82) is 0 Å². The zero-order chi connectivity index (χ0) is 12.8. The molecule has 0 unspecified atom stereocenters. The van der Waals surface area contributed by atoms with Crippen LogP contribution in [0.25, 0.3) is 0 Å². The topological polar surface area (TPSA) is 72.2 Å². The van der Waals surface area contributed by atoms with Gasteiger partial charge in [0.2, 0.25) is 5.89 Å². The lowest BCUT2D eigenvalue weighted by atomic mass is 9.70. The third-order valence-corrected chi connectivity index (χ3v) is 3.45. The number of rotatable bonds is 8. The molecular formula is C12H22N4O2. The maximum Gasteiger partial charge on any atom is 0.315 e. The molecule has 1 aromatic rings. The number of nitrogens with one attached hydrogen (secondary N) is 2. The third kappa shape index (κ3) is 3.68. The molecule has 0 saturated heterocycles. The molecule has 1 aliphatic carbocycles. The molecule has 1 heterocycles. The molecule has 0 bridgehead atoms. The number of anilines is 1. The number of aromatic nitrogens is 2. The number of methoxy groups -OCH3 is 1. The molecule has 6 nitrogen and oxygen atoms in total. The fraction of sp³-hybridized carbons (Fsp3) is 0.833. The van der Waals surface area contributed by atoms with Crippen LogP contribution in [0.4, 0.5) is 6.01 Å². The first-order chi connectivity index (χ1) is 8.72. The van der Waals surface area contributed by atoms with E-state index in [0.29, 0.717) is 30.5 Å². The van der Waals surface area contributed by atoms with Crippen LogP contribution in [0.5, 0.6) is 0 Å². The Hall–Kier alpha value is -1.14. The normalized spacial score (nSPS) is 17.4. The quantitative estimate of drug-likeness (QED) is 0.683. The van der Waals surface area contributed by atoms with Gasteiger partial charge in [0.05, 0.1) is 13.2 Å². The van der Waals surface area contributed by atoms with Gasteiger partial charge >= 0.3 is 6.01 Å². The Balaban J connectivity index is 1.69. The first-order valence-corrected chi connectivity index (χ1v) is 6.48. The maximum absolute atomic E-state index is 5.49. The van der Waals surface area contributed by atoms with Crippen molar-refractivity contribution in [3.05, 3.63) is 5.89 Å². The summed E-state index contributed by atoms with van der Waals surface area (Å²) in [6.45, 7) is 5.23. The molecule has 0 spiro atoms. The summed E-state index contributed by atoms with van der Waals surface area (Å²) in [5.74, 6) is 0.604. The molecule has 1 aromatic heterocycles. The first-order valence-electron chi connectivity index (χ1n) is 6.48. The minimum absolute atomic E-state index is 0.408. The molecule has 0 amide bonds. The molecule has 1 fully saturated rings. The van der Waals surface area contributed by atoms with Gasteiger partial charge in [0.1, 0.15) is 0 Å². The van der Waals surface area contributed by atoms with E-state index in [1.807, 2.05) is 0 Å². The van der Waals surface area contributed by atoms with E-state index >= 15 is 0 Å². The van der Waals surface area contributed by atoms with E-state index in [-0.39, 0.29) is 0 Å². The molecule has 6 heteroatoms. The van der Waals surface area contributed by atoms with E-state index < -0.39 is 0 Å². The van der Waals surface area contributed by atoms with E-state index in [2.05, 4.69) is 27.8 Å². The van der Waals surface area contributed by atoms with Crippen molar-refractivity contribution in [2.75, 3.05) is 32.1 Å². The predicted molar refractivity (Wildman–Crippen MR) is 68.3 cm³/mol. The SMILES string of the molecule is COCCNCc1nnc(NCC2(C)CCC2)o1. The zero-order valence-electron chi connectivity index (χ0n) is 11.2. The molecule has 0 aliphatic heterocycles. The summed E-state index contributed by atoms with van der Waals surface area (Å²) in [5.41, 5.74) is 0.408. The van der Waals surface area contributed by atoms with Crippen molar-refractivity contribution >= 4 is 6.01 Å². The molecule has 102 valence electrons. The van der Waals surface area contributed by atoms with Gasteiger partial charge in [0.15, 0.2) is 0 Å². The van der Waals surface area contributed by atoms with Crippen LogP contribution in [-0.4, -0.2) is 37.0 Å². The highest BCUT2D eigenvalue weighted by atomic mass is 16.5. The van der Waals surface area contributed by atoms with Crippen molar-refractivity contribution in [2.45, 2.75) is 32.7 Å². The van der Waals surface area contributed by atoms with Gasteiger partial charge < -0.3 is 19.8 Å². The lowest BCUT2D eigenvalue weighted by Gasteiger charge is -2.38.